The third-order valence-corrected chi connectivity index (χ3v) is 4.89. The van der Waals surface area contributed by atoms with E-state index in [0.717, 1.165) is 44.7 Å². The van der Waals surface area contributed by atoms with Crippen LogP contribution in [0, 0.1) is 0 Å². The highest BCUT2D eigenvalue weighted by molar-refractivity contribution is 5.96. The van der Waals surface area contributed by atoms with Crippen LogP contribution in [0.5, 0.6) is 0 Å². The minimum Gasteiger partial charge on any atom is -0.326 e. The van der Waals surface area contributed by atoms with Crippen molar-refractivity contribution in [1.29, 1.82) is 0 Å². The van der Waals surface area contributed by atoms with Crippen molar-refractivity contribution in [3.8, 4) is 0 Å². The molecular weight excluding hydrogens is 316 g/mol. The lowest BCUT2D eigenvalue weighted by Gasteiger charge is -2.25. The molecular formula is C19H28N4O2. The summed E-state index contributed by atoms with van der Waals surface area (Å²) in [5.41, 5.74) is 1.44. The quantitative estimate of drug-likeness (QED) is 0.740. The van der Waals surface area contributed by atoms with Crippen molar-refractivity contribution in [2.75, 3.05) is 36.8 Å². The molecule has 2 amide bonds. The summed E-state index contributed by atoms with van der Waals surface area (Å²) in [6.07, 6.45) is 6.18. The van der Waals surface area contributed by atoms with Crippen LogP contribution in [0.1, 0.15) is 38.5 Å². The Labute approximate surface area is 149 Å². The van der Waals surface area contributed by atoms with E-state index in [-0.39, 0.29) is 17.9 Å². The second-order valence-corrected chi connectivity index (χ2v) is 6.92. The van der Waals surface area contributed by atoms with Gasteiger partial charge in [-0.3, -0.25) is 9.59 Å². The zero-order chi connectivity index (χ0) is 17.5. The smallest absolute Gasteiger partial charge is 0.241 e. The maximum absolute atomic E-state index is 12.2. The number of likely N-dealkylation sites (tertiary alicyclic amines) is 1. The SMILES string of the molecule is O=C(CCN1CCCCC1)Nc1cccc(NC(=O)C2CCCN2)c1. The highest BCUT2D eigenvalue weighted by Gasteiger charge is 2.21. The van der Waals surface area contributed by atoms with E-state index in [9.17, 15) is 9.59 Å². The number of benzene rings is 1. The summed E-state index contributed by atoms with van der Waals surface area (Å²) in [5, 5.41) is 9.04. The molecule has 1 atom stereocenters. The summed E-state index contributed by atoms with van der Waals surface area (Å²) in [7, 11) is 0. The lowest BCUT2D eigenvalue weighted by Crippen LogP contribution is -2.35. The van der Waals surface area contributed by atoms with Crippen molar-refractivity contribution in [3.63, 3.8) is 0 Å². The van der Waals surface area contributed by atoms with Gasteiger partial charge < -0.3 is 20.9 Å². The predicted octanol–water partition coefficient (Wildman–Crippen LogP) is 2.19. The molecule has 0 aliphatic carbocycles. The molecule has 2 aliphatic rings. The van der Waals surface area contributed by atoms with Crippen LogP contribution >= 0.6 is 0 Å². The molecule has 0 aromatic heterocycles. The Morgan fingerprint density at radius 1 is 1.08 bits per heavy atom. The number of amides is 2. The van der Waals surface area contributed by atoms with E-state index < -0.39 is 0 Å². The van der Waals surface area contributed by atoms with Crippen LogP contribution in [0.25, 0.3) is 0 Å². The molecule has 6 heteroatoms. The van der Waals surface area contributed by atoms with Crippen LogP contribution in [0.15, 0.2) is 24.3 Å². The summed E-state index contributed by atoms with van der Waals surface area (Å²) in [6.45, 7) is 3.91. The lowest BCUT2D eigenvalue weighted by molar-refractivity contribution is -0.118. The van der Waals surface area contributed by atoms with Crippen LogP contribution in [0.3, 0.4) is 0 Å². The highest BCUT2D eigenvalue weighted by atomic mass is 16.2. The highest BCUT2D eigenvalue weighted by Crippen LogP contribution is 2.17. The summed E-state index contributed by atoms with van der Waals surface area (Å²) >= 11 is 0. The van der Waals surface area contributed by atoms with Gasteiger partial charge in [0.1, 0.15) is 0 Å². The van der Waals surface area contributed by atoms with Crippen LogP contribution in [0.2, 0.25) is 0 Å². The molecule has 2 aliphatic heterocycles. The number of hydrogen-bond acceptors (Lipinski definition) is 4. The summed E-state index contributed by atoms with van der Waals surface area (Å²) < 4.78 is 0. The zero-order valence-electron chi connectivity index (χ0n) is 14.7. The van der Waals surface area contributed by atoms with Gasteiger partial charge in [-0.25, -0.2) is 0 Å². The van der Waals surface area contributed by atoms with Crippen molar-refractivity contribution in [2.45, 2.75) is 44.6 Å². The number of anilines is 2. The second-order valence-electron chi connectivity index (χ2n) is 6.92. The van der Waals surface area contributed by atoms with Crippen LogP contribution < -0.4 is 16.0 Å². The van der Waals surface area contributed by atoms with E-state index in [1.54, 1.807) is 0 Å². The molecule has 0 saturated carbocycles. The van der Waals surface area contributed by atoms with E-state index in [1.165, 1.54) is 19.3 Å². The largest absolute Gasteiger partial charge is 0.326 e. The molecule has 3 N–H and O–H groups in total. The molecule has 3 rings (SSSR count). The van der Waals surface area contributed by atoms with Gasteiger partial charge >= 0.3 is 0 Å². The minimum absolute atomic E-state index is 0.00826. The Morgan fingerprint density at radius 2 is 1.84 bits per heavy atom. The van der Waals surface area contributed by atoms with E-state index in [2.05, 4.69) is 20.9 Å². The fourth-order valence-corrected chi connectivity index (χ4v) is 3.48. The first-order valence-corrected chi connectivity index (χ1v) is 9.37. The lowest BCUT2D eigenvalue weighted by atomic mass is 10.1. The topological polar surface area (TPSA) is 73.5 Å². The number of piperidine rings is 1. The second kappa shape index (κ2) is 8.97. The molecule has 0 radical (unpaired) electrons. The van der Waals surface area contributed by atoms with Gasteiger partial charge in [-0.15, -0.1) is 0 Å². The van der Waals surface area contributed by atoms with Crippen LogP contribution in [-0.2, 0) is 9.59 Å². The zero-order valence-corrected chi connectivity index (χ0v) is 14.7. The first-order valence-electron chi connectivity index (χ1n) is 9.37. The Morgan fingerprint density at radius 3 is 2.56 bits per heavy atom. The third-order valence-electron chi connectivity index (χ3n) is 4.89. The Hall–Kier alpha value is -1.92. The molecule has 6 nitrogen and oxygen atoms in total. The van der Waals surface area contributed by atoms with Crippen LogP contribution in [-0.4, -0.2) is 48.9 Å². The summed E-state index contributed by atoms with van der Waals surface area (Å²) in [4.78, 5) is 26.7. The monoisotopic (exact) mass is 344 g/mol. The third kappa shape index (κ3) is 5.54. The van der Waals surface area contributed by atoms with Gasteiger partial charge in [0.15, 0.2) is 0 Å². The molecule has 0 bridgehead atoms. The molecule has 136 valence electrons. The number of nitrogens with one attached hydrogen (secondary N) is 3. The van der Waals surface area contributed by atoms with Crippen LogP contribution in [0.4, 0.5) is 11.4 Å². The molecule has 2 heterocycles. The van der Waals surface area contributed by atoms with E-state index in [4.69, 9.17) is 0 Å². The van der Waals surface area contributed by atoms with E-state index in [1.807, 2.05) is 24.3 Å². The van der Waals surface area contributed by atoms with Crippen molar-refractivity contribution in [1.82, 2.24) is 10.2 Å². The van der Waals surface area contributed by atoms with Crippen molar-refractivity contribution < 1.29 is 9.59 Å². The average molecular weight is 344 g/mol. The average Bonchev–Trinajstić information content (AvgIpc) is 3.16. The predicted molar refractivity (Wildman–Crippen MR) is 99.6 cm³/mol. The number of rotatable bonds is 6. The van der Waals surface area contributed by atoms with Crippen molar-refractivity contribution >= 4 is 23.2 Å². The molecule has 2 fully saturated rings. The van der Waals surface area contributed by atoms with Gasteiger partial charge in [-0.05, 0) is 63.5 Å². The Balaban J connectivity index is 1.47. The number of carbonyl (C=O) groups is 2. The fraction of sp³-hybridized carbons (Fsp3) is 0.579. The van der Waals surface area contributed by atoms with Gasteiger partial charge in [0.2, 0.25) is 11.8 Å². The Bertz CT molecular complexity index is 593. The number of hydrogen-bond donors (Lipinski definition) is 3. The van der Waals surface area contributed by atoms with E-state index in [0.29, 0.717) is 12.1 Å². The Kier molecular flexibility index (Phi) is 6.42. The summed E-state index contributed by atoms with van der Waals surface area (Å²) in [6, 6.07) is 7.24. The maximum atomic E-state index is 12.2. The van der Waals surface area contributed by atoms with Crippen molar-refractivity contribution in [3.05, 3.63) is 24.3 Å². The molecule has 1 unspecified atom stereocenters. The summed E-state index contributed by atoms with van der Waals surface area (Å²) in [5.74, 6) is 0.0117. The first kappa shape index (κ1) is 17.9. The van der Waals surface area contributed by atoms with E-state index >= 15 is 0 Å². The minimum atomic E-state index is -0.109. The standard InChI is InChI=1S/C19H28N4O2/c24-18(9-13-23-11-2-1-3-12-23)21-15-6-4-7-16(14-15)22-19(25)17-8-5-10-20-17/h4,6-7,14,17,20H,1-3,5,8-13H2,(H,21,24)(H,22,25). The molecule has 2 saturated heterocycles. The van der Waals surface area contributed by atoms with Gasteiger partial charge in [0, 0.05) is 24.3 Å². The van der Waals surface area contributed by atoms with Crippen molar-refractivity contribution in [2.24, 2.45) is 0 Å². The van der Waals surface area contributed by atoms with Gasteiger partial charge in [0.05, 0.1) is 6.04 Å². The van der Waals surface area contributed by atoms with Gasteiger partial charge in [0.25, 0.3) is 0 Å². The molecule has 1 aromatic rings. The van der Waals surface area contributed by atoms with Gasteiger partial charge in [-0.2, -0.15) is 0 Å². The molecule has 0 spiro atoms. The number of nitrogens with zero attached hydrogens (tertiary/aromatic N) is 1. The maximum Gasteiger partial charge on any atom is 0.241 e. The molecule has 25 heavy (non-hydrogen) atoms. The fourth-order valence-electron chi connectivity index (χ4n) is 3.48. The number of carbonyl (C=O) groups excluding carboxylic acids is 2. The first-order chi connectivity index (χ1) is 12.2. The normalized spacial score (nSPS) is 21.0. The molecule has 1 aromatic carbocycles. The van der Waals surface area contributed by atoms with Gasteiger partial charge in [-0.1, -0.05) is 12.5 Å².